The molecule has 0 fully saturated rings. The SMILES string of the molecule is CN(C)CCn1c(=O)n(S(=O)(=O)c2c(Cl)nc3ncccn23)c2ccccc21. The summed E-state index contributed by atoms with van der Waals surface area (Å²) in [5.41, 5.74) is 0.153. The molecule has 3 aromatic heterocycles. The highest BCUT2D eigenvalue weighted by molar-refractivity contribution is 7.90. The third kappa shape index (κ3) is 2.81. The smallest absolute Gasteiger partial charge is 0.308 e. The van der Waals surface area contributed by atoms with Crippen LogP contribution in [0.3, 0.4) is 0 Å². The van der Waals surface area contributed by atoms with Gasteiger partial charge in [-0.25, -0.2) is 9.78 Å². The zero-order valence-electron chi connectivity index (χ0n) is 15.1. The van der Waals surface area contributed by atoms with E-state index in [1.807, 2.05) is 19.0 Å². The lowest BCUT2D eigenvalue weighted by molar-refractivity contribution is 0.383. The van der Waals surface area contributed by atoms with Gasteiger partial charge in [0, 0.05) is 25.5 Å². The van der Waals surface area contributed by atoms with Crippen molar-refractivity contribution in [2.75, 3.05) is 20.6 Å². The van der Waals surface area contributed by atoms with E-state index in [1.54, 1.807) is 30.3 Å². The fraction of sp³-hybridized carbons (Fsp3) is 0.235. The number of aromatic nitrogens is 5. The first-order valence-corrected chi connectivity index (χ1v) is 10.2. The maximum atomic E-state index is 13.5. The predicted octanol–water partition coefficient (Wildman–Crippen LogP) is 1.30. The molecule has 0 saturated heterocycles. The Hall–Kier alpha value is -2.69. The second-order valence-corrected chi connectivity index (χ2v) is 8.55. The number of fused-ring (bicyclic) bond motifs is 2. The van der Waals surface area contributed by atoms with Crippen LogP contribution in [0.5, 0.6) is 0 Å². The molecule has 0 bridgehead atoms. The standard InChI is InChI=1S/C17H17ClN6O3S/c1-21(2)10-11-22-12-6-3-4-7-13(12)24(17(22)25)28(26,27)15-14(18)20-16-19-8-5-9-23(15)16/h3-9H,10-11H2,1-2H3. The van der Waals surface area contributed by atoms with Gasteiger partial charge in [0.1, 0.15) is 0 Å². The Labute approximate surface area is 165 Å². The molecular formula is C17H17ClN6O3S. The number of likely N-dealkylation sites (N-methyl/N-ethyl adjacent to an activating group) is 1. The Balaban J connectivity index is 2.02. The van der Waals surface area contributed by atoms with E-state index in [2.05, 4.69) is 9.97 Å². The summed E-state index contributed by atoms with van der Waals surface area (Å²) in [6.07, 6.45) is 2.97. The molecule has 0 unspecified atom stereocenters. The number of nitrogens with zero attached hydrogens (tertiary/aromatic N) is 6. The average Bonchev–Trinajstić information content (AvgIpc) is 3.13. The van der Waals surface area contributed by atoms with Crippen molar-refractivity contribution in [3.63, 3.8) is 0 Å². The van der Waals surface area contributed by atoms with Gasteiger partial charge < -0.3 is 4.90 Å². The summed E-state index contributed by atoms with van der Waals surface area (Å²) in [4.78, 5) is 23.1. The zero-order valence-corrected chi connectivity index (χ0v) is 16.7. The lowest BCUT2D eigenvalue weighted by Crippen LogP contribution is -2.32. The van der Waals surface area contributed by atoms with Crippen molar-refractivity contribution in [3.8, 4) is 0 Å². The molecule has 0 aliphatic rings. The molecule has 0 spiro atoms. The van der Waals surface area contributed by atoms with Crippen LogP contribution in [0, 0.1) is 0 Å². The molecule has 0 aliphatic heterocycles. The van der Waals surface area contributed by atoms with Gasteiger partial charge in [-0.15, -0.1) is 0 Å². The molecule has 1 aromatic carbocycles. The largest absolute Gasteiger partial charge is 0.343 e. The van der Waals surface area contributed by atoms with Gasteiger partial charge in [0.2, 0.25) is 10.8 Å². The van der Waals surface area contributed by atoms with Crippen LogP contribution in [0.4, 0.5) is 0 Å². The highest BCUT2D eigenvalue weighted by Gasteiger charge is 2.31. The van der Waals surface area contributed by atoms with E-state index in [4.69, 9.17) is 11.6 Å². The molecule has 4 rings (SSSR count). The molecule has 0 aliphatic carbocycles. The first-order valence-electron chi connectivity index (χ1n) is 8.41. The van der Waals surface area contributed by atoms with Crippen molar-refractivity contribution in [2.45, 2.75) is 11.6 Å². The monoisotopic (exact) mass is 420 g/mol. The topological polar surface area (TPSA) is 94.5 Å². The van der Waals surface area contributed by atoms with Gasteiger partial charge in [0.15, 0.2) is 5.15 Å². The van der Waals surface area contributed by atoms with E-state index in [9.17, 15) is 13.2 Å². The molecule has 4 aromatic rings. The highest BCUT2D eigenvalue weighted by atomic mass is 35.5. The van der Waals surface area contributed by atoms with E-state index in [1.165, 1.54) is 21.4 Å². The summed E-state index contributed by atoms with van der Waals surface area (Å²) < 4.78 is 30.4. The second-order valence-electron chi connectivity index (χ2n) is 6.49. The fourth-order valence-electron chi connectivity index (χ4n) is 3.08. The maximum Gasteiger partial charge on any atom is 0.343 e. The van der Waals surface area contributed by atoms with E-state index in [-0.39, 0.29) is 21.5 Å². The number of imidazole rings is 2. The van der Waals surface area contributed by atoms with Crippen LogP contribution in [0.2, 0.25) is 5.15 Å². The molecule has 3 heterocycles. The van der Waals surface area contributed by atoms with Crippen LogP contribution in [0.25, 0.3) is 16.8 Å². The molecule has 11 heteroatoms. The number of rotatable bonds is 5. The van der Waals surface area contributed by atoms with Gasteiger partial charge >= 0.3 is 5.69 Å². The van der Waals surface area contributed by atoms with Crippen LogP contribution in [-0.4, -0.2) is 56.9 Å². The summed E-state index contributed by atoms with van der Waals surface area (Å²) in [5.74, 6) is 0.135. The van der Waals surface area contributed by atoms with E-state index in [0.717, 1.165) is 3.97 Å². The maximum absolute atomic E-state index is 13.5. The molecule has 0 atom stereocenters. The Morgan fingerprint density at radius 2 is 1.86 bits per heavy atom. The molecule has 0 N–H and O–H groups in total. The minimum absolute atomic E-state index is 0.135. The number of benzene rings is 1. The van der Waals surface area contributed by atoms with Crippen molar-refractivity contribution >= 4 is 38.4 Å². The molecule has 28 heavy (non-hydrogen) atoms. The predicted molar refractivity (Wildman–Crippen MR) is 105 cm³/mol. The van der Waals surface area contributed by atoms with Gasteiger partial charge in [-0.05, 0) is 32.3 Å². The first kappa shape index (κ1) is 18.7. The summed E-state index contributed by atoms with van der Waals surface area (Å²) in [6, 6.07) is 8.32. The Morgan fingerprint density at radius 3 is 2.57 bits per heavy atom. The lowest BCUT2D eigenvalue weighted by atomic mass is 10.3. The van der Waals surface area contributed by atoms with Crippen molar-refractivity contribution in [2.24, 2.45) is 0 Å². The number of hydrogen-bond acceptors (Lipinski definition) is 6. The van der Waals surface area contributed by atoms with Crippen LogP contribution in [-0.2, 0) is 16.6 Å². The third-order valence-corrected chi connectivity index (χ3v) is 6.46. The highest BCUT2D eigenvalue weighted by Crippen LogP contribution is 2.26. The Morgan fingerprint density at radius 1 is 1.14 bits per heavy atom. The molecule has 9 nitrogen and oxygen atoms in total. The summed E-state index contributed by atoms with van der Waals surface area (Å²) in [5, 5.41) is -0.536. The lowest BCUT2D eigenvalue weighted by Gasteiger charge is -2.09. The Kier molecular flexibility index (Phi) is 4.48. The first-order chi connectivity index (χ1) is 13.3. The fourth-order valence-corrected chi connectivity index (χ4v) is 5.08. The van der Waals surface area contributed by atoms with E-state index in [0.29, 0.717) is 18.6 Å². The second kappa shape index (κ2) is 6.73. The number of para-hydroxylation sites is 2. The Bertz CT molecular complexity index is 1350. The van der Waals surface area contributed by atoms with Gasteiger partial charge in [-0.2, -0.15) is 17.4 Å². The van der Waals surface area contributed by atoms with Crippen LogP contribution >= 0.6 is 11.6 Å². The quantitative estimate of drug-likeness (QED) is 0.483. The van der Waals surface area contributed by atoms with Crippen molar-refractivity contribution < 1.29 is 8.42 Å². The molecule has 146 valence electrons. The van der Waals surface area contributed by atoms with Gasteiger partial charge in [-0.3, -0.25) is 8.97 Å². The van der Waals surface area contributed by atoms with Crippen LogP contribution in [0.15, 0.2) is 52.5 Å². The van der Waals surface area contributed by atoms with Crippen molar-refractivity contribution in [1.29, 1.82) is 0 Å². The van der Waals surface area contributed by atoms with Gasteiger partial charge in [-0.1, -0.05) is 23.7 Å². The van der Waals surface area contributed by atoms with Crippen molar-refractivity contribution in [3.05, 3.63) is 58.4 Å². The average molecular weight is 421 g/mol. The summed E-state index contributed by atoms with van der Waals surface area (Å²) in [6.45, 7) is 0.922. The van der Waals surface area contributed by atoms with E-state index < -0.39 is 15.7 Å². The molecule has 0 amide bonds. The van der Waals surface area contributed by atoms with Crippen LogP contribution < -0.4 is 5.69 Å². The zero-order chi connectivity index (χ0) is 20.1. The summed E-state index contributed by atoms with van der Waals surface area (Å²) in [7, 11) is -0.567. The van der Waals surface area contributed by atoms with Crippen LogP contribution in [0.1, 0.15) is 0 Å². The molecule has 0 radical (unpaired) electrons. The number of hydrogen-bond donors (Lipinski definition) is 0. The third-order valence-electron chi connectivity index (χ3n) is 4.37. The summed E-state index contributed by atoms with van der Waals surface area (Å²) >= 11 is 6.14. The van der Waals surface area contributed by atoms with E-state index >= 15 is 0 Å². The van der Waals surface area contributed by atoms with Gasteiger partial charge in [0.25, 0.3) is 10.0 Å². The van der Waals surface area contributed by atoms with Gasteiger partial charge in [0.05, 0.1) is 11.0 Å². The normalized spacial score (nSPS) is 12.4. The molecular weight excluding hydrogens is 404 g/mol. The minimum Gasteiger partial charge on any atom is -0.308 e. The molecule has 0 saturated carbocycles. The minimum atomic E-state index is -4.33. The van der Waals surface area contributed by atoms with Crippen molar-refractivity contribution in [1.82, 2.24) is 27.8 Å². The number of halogens is 1.